The summed E-state index contributed by atoms with van der Waals surface area (Å²) in [6.45, 7) is 3.71. The number of hydrogen-bond acceptors (Lipinski definition) is 4. The summed E-state index contributed by atoms with van der Waals surface area (Å²) in [7, 11) is 1.35. The highest BCUT2D eigenvalue weighted by Crippen LogP contribution is 2.30. The molecule has 116 valence electrons. The second-order valence-electron chi connectivity index (χ2n) is 5.79. The summed E-state index contributed by atoms with van der Waals surface area (Å²) in [4.78, 5) is 26.4. The number of aryl methyl sites for hydroxylation is 2. The fourth-order valence-electron chi connectivity index (χ4n) is 2.86. The minimum atomic E-state index is -0.953. The summed E-state index contributed by atoms with van der Waals surface area (Å²) in [5.41, 5.74) is 0.345. The van der Waals surface area contributed by atoms with Crippen LogP contribution in [0.3, 0.4) is 0 Å². The number of carbonyl (C=O) groups is 2. The molecule has 2 rings (SSSR count). The summed E-state index contributed by atoms with van der Waals surface area (Å²) in [5.74, 6) is -0.560. The van der Waals surface area contributed by atoms with E-state index in [1.54, 1.807) is 18.3 Å². The van der Waals surface area contributed by atoms with Crippen molar-refractivity contribution in [2.75, 3.05) is 7.11 Å². The van der Waals surface area contributed by atoms with E-state index in [-0.39, 0.29) is 11.9 Å². The average Bonchev–Trinajstić information content (AvgIpc) is 2.90. The zero-order valence-corrected chi connectivity index (χ0v) is 13.8. The van der Waals surface area contributed by atoms with E-state index >= 15 is 0 Å². The number of nitrogens with one attached hydrogen (secondary N) is 1. The van der Waals surface area contributed by atoms with Gasteiger partial charge in [-0.2, -0.15) is 0 Å². The molecule has 0 saturated carbocycles. The second kappa shape index (κ2) is 6.60. The largest absolute Gasteiger partial charge is 0.467 e. The van der Waals surface area contributed by atoms with Gasteiger partial charge in [-0.1, -0.05) is 13.3 Å². The molecule has 21 heavy (non-hydrogen) atoms. The molecule has 0 radical (unpaired) electrons. The number of thiophene rings is 1. The van der Waals surface area contributed by atoms with Crippen LogP contribution >= 0.6 is 11.3 Å². The SMILES string of the molecule is CCCC(C)(NC(=O)c1cc2c(s1)CCCC2)C(=O)OC. The number of methoxy groups -OCH3 is 1. The fourth-order valence-corrected chi connectivity index (χ4v) is 4.00. The Kier molecular flexibility index (Phi) is 5.04. The molecule has 0 aromatic carbocycles. The van der Waals surface area contributed by atoms with Crippen molar-refractivity contribution in [3.63, 3.8) is 0 Å². The molecule has 5 heteroatoms. The Morgan fingerprint density at radius 3 is 2.71 bits per heavy atom. The molecule has 0 saturated heterocycles. The van der Waals surface area contributed by atoms with Gasteiger partial charge in [-0.05, 0) is 50.7 Å². The first-order valence-corrected chi connectivity index (χ1v) is 8.34. The third kappa shape index (κ3) is 3.46. The Morgan fingerprint density at radius 1 is 1.38 bits per heavy atom. The van der Waals surface area contributed by atoms with Gasteiger partial charge in [0, 0.05) is 4.88 Å². The van der Waals surface area contributed by atoms with Crippen molar-refractivity contribution in [2.45, 2.75) is 57.9 Å². The molecule has 1 amide bonds. The first-order valence-electron chi connectivity index (χ1n) is 7.52. The van der Waals surface area contributed by atoms with Crippen molar-refractivity contribution < 1.29 is 14.3 Å². The Labute approximate surface area is 129 Å². The van der Waals surface area contributed by atoms with Crippen molar-refractivity contribution in [2.24, 2.45) is 0 Å². The van der Waals surface area contributed by atoms with Crippen molar-refractivity contribution in [3.8, 4) is 0 Å². The summed E-state index contributed by atoms with van der Waals surface area (Å²) in [6.07, 6.45) is 5.88. The molecule has 1 aromatic heterocycles. The minimum Gasteiger partial charge on any atom is -0.467 e. The second-order valence-corrected chi connectivity index (χ2v) is 6.93. The van der Waals surface area contributed by atoms with E-state index in [4.69, 9.17) is 4.74 Å². The summed E-state index contributed by atoms with van der Waals surface area (Å²) < 4.78 is 4.84. The van der Waals surface area contributed by atoms with E-state index in [0.717, 1.165) is 19.3 Å². The highest BCUT2D eigenvalue weighted by atomic mass is 32.1. The van der Waals surface area contributed by atoms with Crippen molar-refractivity contribution in [3.05, 3.63) is 21.4 Å². The van der Waals surface area contributed by atoms with Crippen LogP contribution in [0.5, 0.6) is 0 Å². The smallest absolute Gasteiger partial charge is 0.331 e. The zero-order valence-electron chi connectivity index (χ0n) is 13.0. The van der Waals surface area contributed by atoms with Gasteiger partial charge >= 0.3 is 5.97 Å². The van der Waals surface area contributed by atoms with Gasteiger partial charge in [-0.3, -0.25) is 4.79 Å². The first-order chi connectivity index (χ1) is 10.00. The number of ether oxygens (including phenoxy) is 1. The third-order valence-electron chi connectivity index (χ3n) is 4.00. The Morgan fingerprint density at radius 2 is 2.10 bits per heavy atom. The van der Waals surface area contributed by atoms with E-state index in [0.29, 0.717) is 11.3 Å². The molecular weight excluding hydrogens is 286 g/mol. The molecule has 1 unspecified atom stereocenters. The van der Waals surface area contributed by atoms with Gasteiger partial charge < -0.3 is 10.1 Å². The Bertz CT molecular complexity index is 514. The lowest BCUT2D eigenvalue weighted by molar-refractivity contribution is -0.147. The molecule has 1 aliphatic carbocycles. The molecular formula is C16H23NO3S. The van der Waals surface area contributed by atoms with Gasteiger partial charge in [-0.15, -0.1) is 11.3 Å². The maximum atomic E-state index is 12.5. The van der Waals surface area contributed by atoms with Crippen LogP contribution in [0.2, 0.25) is 0 Å². The van der Waals surface area contributed by atoms with Crippen LogP contribution < -0.4 is 5.32 Å². The quantitative estimate of drug-likeness (QED) is 0.850. The molecule has 4 nitrogen and oxygen atoms in total. The van der Waals surface area contributed by atoms with E-state index in [1.807, 2.05) is 13.0 Å². The van der Waals surface area contributed by atoms with Crippen molar-refractivity contribution >= 4 is 23.2 Å². The Balaban J connectivity index is 2.15. The summed E-state index contributed by atoms with van der Waals surface area (Å²) in [5, 5.41) is 2.87. The highest BCUT2D eigenvalue weighted by Gasteiger charge is 2.35. The third-order valence-corrected chi connectivity index (χ3v) is 5.23. The molecule has 1 heterocycles. The van der Waals surface area contributed by atoms with Gasteiger partial charge in [0.1, 0.15) is 5.54 Å². The van der Waals surface area contributed by atoms with Gasteiger partial charge in [0.05, 0.1) is 12.0 Å². The number of esters is 1. The molecule has 1 atom stereocenters. The average molecular weight is 309 g/mol. The van der Waals surface area contributed by atoms with Gasteiger partial charge in [-0.25, -0.2) is 4.79 Å². The predicted molar refractivity (Wildman–Crippen MR) is 83.8 cm³/mol. The first kappa shape index (κ1) is 16.0. The molecule has 0 fully saturated rings. The summed E-state index contributed by atoms with van der Waals surface area (Å²) in [6, 6.07) is 1.98. The molecule has 0 aliphatic heterocycles. The van der Waals surface area contributed by atoms with Crippen LogP contribution in [0, 0.1) is 0 Å². The zero-order chi connectivity index (χ0) is 15.5. The van der Waals surface area contributed by atoms with Crippen molar-refractivity contribution in [1.29, 1.82) is 0 Å². The monoisotopic (exact) mass is 309 g/mol. The molecule has 1 N–H and O–H groups in total. The number of rotatable bonds is 5. The number of hydrogen-bond donors (Lipinski definition) is 1. The molecule has 1 aliphatic rings. The summed E-state index contributed by atoms with van der Waals surface area (Å²) >= 11 is 1.56. The van der Waals surface area contributed by atoms with Gasteiger partial charge in [0.25, 0.3) is 5.91 Å². The lowest BCUT2D eigenvalue weighted by Crippen LogP contribution is -2.52. The molecule has 0 bridgehead atoms. The van der Waals surface area contributed by atoms with Crippen LogP contribution in [0.1, 0.15) is 59.6 Å². The topological polar surface area (TPSA) is 55.4 Å². The van der Waals surface area contributed by atoms with E-state index in [2.05, 4.69) is 5.32 Å². The molecule has 1 aromatic rings. The highest BCUT2D eigenvalue weighted by molar-refractivity contribution is 7.14. The van der Waals surface area contributed by atoms with Crippen LogP contribution in [0.15, 0.2) is 6.07 Å². The van der Waals surface area contributed by atoms with Crippen LogP contribution in [0.25, 0.3) is 0 Å². The standard InChI is InChI=1S/C16H23NO3S/c1-4-9-16(2,15(19)20-3)17-14(18)13-10-11-7-5-6-8-12(11)21-13/h10H,4-9H2,1-3H3,(H,17,18). The predicted octanol–water partition coefficient (Wildman–Crippen LogP) is 3.09. The Hall–Kier alpha value is -1.36. The van der Waals surface area contributed by atoms with E-state index in [9.17, 15) is 9.59 Å². The lowest BCUT2D eigenvalue weighted by Gasteiger charge is -2.27. The van der Waals surface area contributed by atoms with Gasteiger partial charge in [0.15, 0.2) is 0 Å². The van der Waals surface area contributed by atoms with Crippen LogP contribution in [-0.4, -0.2) is 24.5 Å². The maximum absolute atomic E-state index is 12.5. The number of amides is 1. The number of fused-ring (bicyclic) bond motifs is 1. The van der Waals surface area contributed by atoms with E-state index in [1.165, 1.54) is 30.4 Å². The normalized spacial score (nSPS) is 16.7. The fraction of sp³-hybridized carbons (Fsp3) is 0.625. The van der Waals surface area contributed by atoms with E-state index < -0.39 is 5.54 Å². The van der Waals surface area contributed by atoms with Crippen LogP contribution in [-0.2, 0) is 22.4 Å². The minimum absolute atomic E-state index is 0.171. The van der Waals surface area contributed by atoms with Crippen LogP contribution in [0.4, 0.5) is 0 Å². The number of carbonyl (C=O) groups excluding carboxylic acids is 2. The maximum Gasteiger partial charge on any atom is 0.331 e. The lowest BCUT2D eigenvalue weighted by atomic mass is 9.96. The van der Waals surface area contributed by atoms with Gasteiger partial charge in [0.2, 0.25) is 0 Å². The van der Waals surface area contributed by atoms with Crippen molar-refractivity contribution in [1.82, 2.24) is 5.32 Å². The molecule has 0 spiro atoms.